The fourth-order valence-corrected chi connectivity index (χ4v) is 3.96. The molecule has 1 saturated carbocycles. The third kappa shape index (κ3) is 3.74. The maximum absolute atomic E-state index is 9.56. The normalized spacial score (nSPS) is 35.6. The molecule has 0 aromatic rings. The van der Waals surface area contributed by atoms with Gasteiger partial charge in [-0.15, -0.1) is 0 Å². The zero-order valence-electron chi connectivity index (χ0n) is 13.3. The molecule has 1 N–H and O–H groups in total. The third-order valence-corrected chi connectivity index (χ3v) is 5.39. The van der Waals surface area contributed by atoms with Gasteiger partial charge < -0.3 is 4.90 Å². The van der Waals surface area contributed by atoms with Crippen molar-refractivity contribution in [2.75, 3.05) is 19.6 Å². The van der Waals surface area contributed by atoms with Crippen LogP contribution >= 0.6 is 0 Å². The molecule has 3 nitrogen and oxygen atoms in total. The van der Waals surface area contributed by atoms with Crippen molar-refractivity contribution in [1.29, 1.82) is 5.26 Å². The van der Waals surface area contributed by atoms with Crippen molar-refractivity contribution in [1.82, 2.24) is 10.2 Å². The van der Waals surface area contributed by atoms with Gasteiger partial charge in [0.15, 0.2) is 0 Å². The summed E-state index contributed by atoms with van der Waals surface area (Å²) < 4.78 is 0. The van der Waals surface area contributed by atoms with Gasteiger partial charge in [-0.05, 0) is 70.5 Å². The summed E-state index contributed by atoms with van der Waals surface area (Å²) in [7, 11) is 0. The van der Waals surface area contributed by atoms with Gasteiger partial charge >= 0.3 is 0 Å². The van der Waals surface area contributed by atoms with Crippen LogP contribution in [0.5, 0.6) is 0 Å². The Bertz CT molecular complexity index is 336. The minimum absolute atomic E-state index is 0.239. The second-order valence-electron chi connectivity index (χ2n) is 6.76. The van der Waals surface area contributed by atoms with E-state index in [1.165, 1.54) is 45.2 Å². The lowest BCUT2D eigenvalue weighted by atomic mass is 9.98. The number of hydrogen-bond donors (Lipinski definition) is 1. The molecule has 114 valence electrons. The molecule has 3 atom stereocenters. The van der Waals surface area contributed by atoms with Gasteiger partial charge in [0.2, 0.25) is 0 Å². The van der Waals surface area contributed by atoms with Gasteiger partial charge in [-0.3, -0.25) is 5.32 Å². The molecule has 1 heterocycles. The maximum atomic E-state index is 9.56. The lowest BCUT2D eigenvalue weighted by Gasteiger charge is -2.29. The quantitative estimate of drug-likeness (QED) is 0.838. The summed E-state index contributed by atoms with van der Waals surface area (Å²) in [4.78, 5) is 2.68. The molecule has 1 saturated heterocycles. The Hall–Kier alpha value is -0.590. The van der Waals surface area contributed by atoms with Crippen molar-refractivity contribution in [3.63, 3.8) is 0 Å². The van der Waals surface area contributed by atoms with Crippen molar-refractivity contribution in [2.45, 2.75) is 76.8 Å². The number of nitrogens with zero attached hydrogens (tertiary/aromatic N) is 2. The molecule has 2 fully saturated rings. The van der Waals surface area contributed by atoms with Gasteiger partial charge in [-0.25, -0.2) is 0 Å². The predicted molar refractivity (Wildman–Crippen MR) is 83.5 cm³/mol. The van der Waals surface area contributed by atoms with Crippen molar-refractivity contribution in [2.24, 2.45) is 5.92 Å². The van der Waals surface area contributed by atoms with Crippen LogP contribution in [0.15, 0.2) is 0 Å². The fourth-order valence-electron chi connectivity index (χ4n) is 3.96. The highest BCUT2D eigenvalue weighted by Crippen LogP contribution is 2.34. The lowest BCUT2D eigenvalue weighted by molar-refractivity contribution is 0.196. The average Bonchev–Trinajstić information content (AvgIpc) is 2.76. The first-order chi connectivity index (χ1) is 9.73. The minimum atomic E-state index is -0.239. The van der Waals surface area contributed by atoms with E-state index in [-0.39, 0.29) is 5.54 Å². The molecule has 3 heteroatoms. The van der Waals surface area contributed by atoms with E-state index in [0.717, 1.165) is 31.7 Å². The van der Waals surface area contributed by atoms with Crippen molar-refractivity contribution in [3.05, 3.63) is 0 Å². The van der Waals surface area contributed by atoms with Crippen LogP contribution in [0.4, 0.5) is 0 Å². The van der Waals surface area contributed by atoms with Gasteiger partial charge in [-0.1, -0.05) is 20.3 Å². The predicted octanol–water partition coefficient (Wildman–Crippen LogP) is 3.31. The molecule has 1 aliphatic carbocycles. The third-order valence-electron chi connectivity index (χ3n) is 5.39. The standard InChI is InChI=1S/C17H31N3/c1-3-10-19-17(14-18)9-7-16(13-17)20-11-5-6-15(4-2)8-12-20/h15-16,19H,3-13H2,1-2H3. The van der Waals surface area contributed by atoms with Crippen LogP contribution in [-0.2, 0) is 0 Å². The SMILES string of the molecule is CCCNC1(C#N)CCC(N2CCCC(CC)CC2)C1. The Balaban J connectivity index is 1.90. The topological polar surface area (TPSA) is 39.1 Å². The van der Waals surface area contributed by atoms with E-state index in [1.54, 1.807) is 0 Å². The van der Waals surface area contributed by atoms with Crippen molar-refractivity contribution >= 4 is 0 Å². The van der Waals surface area contributed by atoms with Crippen LogP contribution in [-0.4, -0.2) is 36.1 Å². The summed E-state index contributed by atoms with van der Waals surface area (Å²) in [6.07, 6.45) is 9.79. The fraction of sp³-hybridized carbons (Fsp3) is 0.941. The summed E-state index contributed by atoms with van der Waals surface area (Å²) in [6, 6.07) is 3.21. The Morgan fingerprint density at radius 2 is 2.10 bits per heavy atom. The first-order valence-corrected chi connectivity index (χ1v) is 8.63. The summed E-state index contributed by atoms with van der Waals surface area (Å²) in [5.41, 5.74) is -0.239. The molecule has 20 heavy (non-hydrogen) atoms. The molecule has 2 rings (SSSR count). The Kier molecular flexibility index (Phi) is 5.86. The molecule has 0 aromatic heterocycles. The zero-order valence-corrected chi connectivity index (χ0v) is 13.3. The number of hydrogen-bond acceptors (Lipinski definition) is 3. The molecule has 2 aliphatic rings. The first-order valence-electron chi connectivity index (χ1n) is 8.63. The lowest BCUT2D eigenvalue weighted by Crippen LogP contribution is -2.44. The summed E-state index contributed by atoms with van der Waals surface area (Å²) in [5, 5.41) is 13.1. The molecule has 3 unspecified atom stereocenters. The maximum Gasteiger partial charge on any atom is 0.108 e. The van der Waals surface area contributed by atoms with Gasteiger partial charge in [-0.2, -0.15) is 5.26 Å². The monoisotopic (exact) mass is 277 g/mol. The molecule has 0 aromatic carbocycles. The summed E-state index contributed by atoms with van der Waals surface area (Å²) >= 11 is 0. The van der Waals surface area contributed by atoms with Crippen molar-refractivity contribution in [3.8, 4) is 6.07 Å². The van der Waals surface area contributed by atoms with Gasteiger partial charge in [0.1, 0.15) is 5.54 Å². The first kappa shape index (κ1) is 15.8. The van der Waals surface area contributed by atoms with Gasteiger partial charge in [0.05, 0.1) is 6.07 Å². The zero-order chi connectivity index (χ0) is 14.4. The molecule has 1 aliphatic heterocycles. The number of nitrogens with one attached hydrogen (secondary N) is 1. The van der Waals surface area contributed by atoms with Crippen molar-refractivity contribution < 1.29 is 0 Å². The molecule has 0 spiro atoms. The Morgan fingerprint density at radius 1 is 1.25 bits per heavy atom. The summed E-state index contributed by atoms with van der Waals surface area (Å²) in [6.45, 7) is 7.96. The van der Waals surface area contributed by atoms with Crippen LogP contribution in [0, 0.1) is 17.2 Å². The second kappa shape index (κ2) is 7.43. The van der Waals surface area contributed by atoms with E-state index in [2.05, 4.69) is 30.1 Å². The van der Waals surface area contributed by atoms with E-state index in [1.807, 2.05) is 0 Å². The Labute approximate surface area is 124 Å². The number of rotatable bonds is 5. The molecular formula is C17H31N3. The van der Waals surface area contributed by atoms with E-state index >= 15 is 0 Å². The van der Waals surface area contributed by atoms with Crippen LogP contribution in [0.25, 0.3) is 0 Å². The molecular weight excluding hydrogens is 246 g/mol. The number of nitriles is 1. The van der Waals surface area contributed by atoms with Crippen LogP contribution in [0.2, 0.25) is 0 Å². The van der Waals surface area contributed by atoms with Crippen LogP contribution in [0.1, 0.15) is 65.2 Å². The second-order valence-corrected chi connectivity index (χ2v) is 6.76. The Morgan fingerprint density at radius 3 is 2.80 bits per heavy atom. The highest BCUT2D eigenvalue weighted by atomic mass is 15.2. The van der Waals surface area contributed by atoms with E-state index in [9.17, 15) is 5.26 Å². The van der Waals surface area contributed by atoms with Gasteiger partial charge in [0, 0.05) is 6.04 Å². The smallest absolute Gasteiger partial charge is 0.108 e. The molecule has 0 amide bonds. The highest BCUT2D eigenvalue weighted by Gasteiger charge is 2.41. The largest absolute Gasteiger partial charge is 0.300 e. The van der Waals surface area contributed by atoms with Crippen LogP contribution < -0.4 is 5.32 Å². The molecule has 0 radical (unpaired) electrons. The summed E-state index contributed by atoms with van der Waals surface area (Å²) in [5.74, 6) is 0.931. The van der Waals surface area contributed by atoms with E-state index < -0.39 is 0 Å². The average molecular weight is 277 g/mol. The number of likely N-dealkylation sites (tertiary alicyclic amines) is 1. The van der Waals surface area contributed by atoms with E-state index in [0.29, 0.717) is 6.04 Å². The minimum Gasteiger partial charge on any atom is -0.300 e. The highest BCUT2D eigenvalue weighted by molar-refractivity contribution is 5.13. The van der Waals surface area contributed by atoms with Gasteiger partial charge in [0.25, 0.3) is 0 Å². The molecule has 0 bridgehead atoms. The van der Waals surface area contributed by atoms with E-state index in [4.69, 9.17) is 0 Å². The van der Waals surface area contributed by atoms with Crippen LogP contribution in [0.3, 0.4) is 0 Å².